The monoisotopic (exact) mass is 409 g/mol. The van der Waals surface area contributed by atoms with Crippen LogP contribution in [0.4, 0.5) is 5.69 Å². The topological polar surface area (TPSA) is 84.6 Å². The van der Waals surface area contributed by atoms with E-state index in [1.165, 1.54) is 24.4 Å². The van der Waals surface area contributed by atoms with Crippen LogP contribution in [0.1, 0.15) is 21.5 Å². The summed E-state index contributed by atoms with van der Waals surface area (Å²) in [6.07, 6.45) is 1.53. The molecule has 0 aliphatic carbocycles. The molecule has 22 heavy (non-hydrogen) atoms. The standard InChI is InChI=1S/C15H12IN3O3/c1-10-6-7-11(8-14(10)19(21)22)15(20)18-17-9-12-4-2-3-5-13(12)16/h2-9H,1H3,(H,18,20)/b17-9+. The first-order chi connectivity index (χ1) is 10.5. The van der Waals surface area contributed by atoms with Crippen LogP contribution in [0.3, 0.4) is 0 Å². The lowest BCUT2D eigenvalue weighted by molar-refractivity contribution is -0.385. The summed E-state index contributed by atoms with van der Waals surface area (Å²) >= 11 is 2.17. The molecule has 0 atom stereocenters. The van der Waals surface area contributed by atoms with Gasteiger partial charge in [0, 0.05) is 26.3 Å². The molecule has 0 aromatic heterocycles. The minimum atomic E-state index is -0.512. The van der Waals surface area contributed by atoms with Crippen molar-refractivity contribution in [3.8, 4) is 0 Å². The molecule has 0 aliphatic rings. The Hall–Kier alpha value is -2.29. The number of carbonyl (C=O) groups is 1. The fraction of sp³-hybridized carbons (Fsp3) is 0.0667. The van der Waals surface area contributed by atoms with E-state index in [1.54, 1.807) is 6.92 Å². The zero-order valence-corrected chi connectivity index (χ0v) is 13.8. The third-order valence-electron chi connectivity index (χ3n) is 2.94. The highest BCUT2D eigenvalue weighted by atomic mass is 127. The molecule has 1 N–H and O–H groups in total. The molecular weight excluding hydrogens is 397 g/mol. The van der Waals surface area contributed by atoms with Crippen LogP contribution in [0, 0.1) is 20.6 Å². The minimum absolute atomic E-state index is 0.0887. The summed E-state index contributed by atoms with van der Waals surface area (Å²) < 4.78 is 1.00. The summed E-state index contributed by atoms with van der Waals surface area (Å²) in [5.41, 5.74) is 3.85. The number of nitro groups is 1. The van der Waals surface area contributed by atoms with E-state index in [2.05, 4.69) is 33.1 Å². The second kappa shape index (κ2) is 7.12. The van der Waals surface area contributed by atoms with Gasteiger partial charge in [-0.1, -0.05) is 24.3 Å². The number of nitrogens with one attached hydrogen (secondary N) is 1. The fourth-order valence-electron chi connectivity index (χ4n) is 1.75. The van der Waals surface area contributed by atoms with E-state index < -0.39 is 10.8 Å². The molecule has 0 fully saturated rings. The molecule has 0 aliphatic heterocycles. The molecule has 0 saturated carbocycles. The molecule has 0 spiro atoms. The van der Waals surface area contributed by atoms with Crippen LogP contribution in [0.15, 0.2) is 47.6 Å². The normalized spacial score (nSPS) is 10.6. The van der Waals surface area contributed by atoms with E-state index in [9.17, 15) is 14.9 Å². The Labute approximate surface area is 140 Å². The van der Waals surface area contributed by atoms with Crippen molar-refractivity contribution in [3.05, 3.63) is 72.8 Å². The van der Waals surface area contributed by atoms with Crippen molar-refractivity contribution in [2.75, 3.05) is 0 Å². The van der Waals surface area contributed by atoms with Gasteiger partial charge in [0.1, 0.15) is 0 Å². The number of hydrazone groups is 1. The van der Waals surface area contributed by atoms with Gasteiger partial charge in [0.2, 0.25) is 0 Å². The first-order valence-corrected chi connectivity index (χ1v) is 7.40. The van der Waals surface area contributed by atoms with Crippen LogP contribution in [0.5, 0.6) is 0 Å². The Morgan fingerprint density at radius 3 is 2.73 bits per heavy atom. The predicted molar refractivity (Wildman–Crippen MR) is 92.1 cm³/mol. The van der Waals surface area contributed by atoms with Crippen molar-refractivity contribution in [1.29, 1.82) is 0 Å². The van der Waals surface area contributed by atoms with E-state index in [0.29, 0.717) is 5.56 Å². The van der Waals surface area contributed by atoms with Gasteiger partial charge in [0.05, 0.1) is 11.1 Å². The first-order valence-electron chi connectivity index (χ1n) is 6.32. The lowest BCUT2D eigenvalue weighted by atomic mass is 10.1. The van der Waals surface area contributed by atoms with Crippen LogP contribution < -0.4 is 5.43 Å². The average Bonchev–Trinajstić information content (AvgIpc) is 2.49. The van der Waals surface area contributed by atoms with Crippen LogP contribution in [0.25, 0.3) is 0 Å². The number of nitrogens with zero attached hydrogens (tertiary/aromatic N) is 2. The van der Waals surface area contributed by atoms with Crippen molar-refractivity contribution in [3.63, 3.8) is 0 Å². The van der Waals surface area contributed by atoms with E-state index in [-0.39, 0.29) is 11.3 Å². The van der Waals surface area contributed by atoms with Crippen LogP contribution >= 0.6 is 22.6 Å². The highest BCUT2D eigenvalue weighted by molar-refractivity contribution is 14.1. The van der Waals surface area contributed by atoms with Gasteiger partial charge >= 0.3 is 0 Å². The van der Waals surface area contributed by atoms with Crippen LogP contribution in [-0.2, 0) is 0 Å². The molecule has 2 rings (SSSR count). The SMILES string of the molecule is Cc1ccc(C(=O)N/N=C/c2ccccc2I)cc1[N+](=O)[O-]. The number of rotatable bonds is 4. The van der Waals surface area contributed by atoms with Gasteiger partial charge < -0.3 is 0 Å². The largest absolute Gasteiger partial charge is 0.273 e. The fourth-order valence-corrected chi connectivity index (χ4v) is 2.28. The first kappa shape index (κ1) is 16.1. The lowest BCUT2D eigenvalue weighted by Crippen LogP contribution is -2.18. The maximum absolute atomic E-state index is 12.0. The summed E-state index contributed by atoms with van der Waals surface area (Å²) in [4.78, 5) is 22.3. The van der Waals surface area contributed by atoms with Crippen molar-refractivity contribution in [2.24, 2.45) is 5.10 Å². The predicted octanol–water partition coefficient (Wildman–Crippen LogP) is 3.27. The van der Waals surface area contributed by atoms with Crippen molar-refractivity contribution in [1.82, 2.24) is 5.43 Å². The Kier molecular flexibility index (Phi) is 5.21. The molecule has 1 amide bonds. The van der Waals surface area contributed by atoms with Crippen molar-refractivity contribution < 1.29 is 9.72 Å². The maximum Gasteiger partial charge on any atom is 0.273 e. The molecule has 0 radical (unpaired) electrons. The zero-order valence-electron chi connectivity index (χ0n) is 11.6. The number of nitro benzene ring substituents is 1. The number of aryl methyl sites for hydroxylation is 1. The van der Waals surface area contributed by atoms with Crippen LogP contribution in [0.2, 0.25) is 0 Å². The maximum atomic E-state index is 12.0. The molecule has 7 heteroatoms. The van der Waals surface area contributed by atoms with Crippen molar-refractivity contribution >= 4 is 40.4 Å². The van der Waals surface area contributed by atoms with Gasteiger partial charge in [0.25, 0.3) is 11.6 Å². The van der Waals surface area contributed by atoms with E-state index >= 15 is 0 Å². The molecule has 0 bridgehead atoms. The Morgan fingerprint density at radius 1 is 1.32 bits per heavy atom. The molecule has 2 aromatic rings. The Balaban J connectivity index is 2.12. The number of amides is 1. The minimum Gasteiger partial charge on any atom is -0.267 e. The molecule has 0 unspecified atom stereocenters. The number of hydrogen-bond donors (Lipinski definition) is 1. The summed E-state index contributed by atoms with van der Waals surface area (Å²) in [7, 11) is 0. The van der Waals surface area contributed by atoms with E-state index in [0.717, 1.165) is 9.13 Å². The number of hydrogen-bond acceptors (Lipinski definition) is 4. The lowest BCUT2D eigenvalue weighted by Gasteiger charge is -2.02. The zero-order chi connectivity index (χ0) is 16.1. The van der Waals surface area contributed by atoms with E-state index in [1.807, 2.05) is 24.3 Å². The molecule has 2 aromatic carbocycles. The summed E-state index contributed by atoms with van der Waals surface area (Å²) in [5.74, 6) is -0.495. The molecule has 6 nitrogen and oxygen atoms in total. The molecule has 112 valence electrons. The summed E-state index contributed by atoms with van der Waals surface area (Å²) in [6, 6.07) is 11.9. The van der Waals surface area contributed by atoms with Crippen molar-refractivity contribution in [2.45, 2.75) is 6.92 Å². The number of carbonyl (C=O) groups excluding carboxylic acids is 1. The van der Waals surface area contributed by atoms with Gasteiger partial charge in [0.15, 0.2) is 0 Å². The second-order valence-electron chi connectivity index (χ2n) is 4.48. The number of halogens is 1. The third-order valence-corrected chi connectivity index (χ3v) is 3.93. The molecular formula is C15H12IN3O3. The van der Waals surface area contributed by atoms with Gasteiger partial charge in [-0.05, 0) is 41.6 Å². The summed E-state index contributed by atoms with van der Waals surface area (Å²) in [5, 5.41) is 14.8. The molecule has 0 heterocycles. The van der Waals surface area contributed by atoms with Crippen LogP contribution in [-0.4, -0.2) is 17.0 Å². The van der Waals surface area contributed by atoms with Gasteiger partial charge in [-0.15, -0.1) is 0 Å². The average molecular weight is 409 g/mol. The summed E-state index contributed by atoms with van der Waals surface area (Å²) in [6.45, 7) is 1.62. The highest BCUT2D eigenvalue weighted by Gasteiger charge is 2.14. The molecule has 0 saturated heterocycles. The number of benzene rings is 2. The smallest absolute Gasteiger partial charge is 0.267 e. The van der Waals surface area contributed by atoms with Gasteiger partial charge in [-0.3, -0.25) is 14.9 Å². The third kappa shape index (κ3) is 3.88. The van der Waals surface area contributed by atoms with Gasteiger partial charge in [-0.2, -0.15) is 5.10 Å². The highest BCUT2D eigenvalue weighted by Crippen LogP contribution is 2.19. The van der Waals surface area contributed by atoms with Gasteiger partial charge in [-0.25, -0.2) is 5.43 Å². The second-order valence-corrected chi connectivity index (χ2v) is 5.64. The Morgan fingerprint density at radius 2 is 2.05 bits per heavy atom. The quantitative estimate of drug-likeness (QED) is 0.364. The Bertz CT molecular complexity index is 759. The van der Waals surface area contributed by atoms with E-state index in [4.69, 9.17) is 0 Å².